The summed E-state index contributed by atoms with van der Waals surface area (Å²) in [5.74, 6) is 0. The average molecular weight is 284 g/mol. The Morgan fingerprint density at radius 3 is 2.39 bits per heavy atom. The number of morpholine rings is 1. The molecule has 1 aliphatic rings. The van der Waals surface area contributed by atoms with Gasteiger partial charge in [-0.05, 0) is 24.3 Å². The second kappa shape index (κ2) is 6.20. The Morgan fingerprint density at radius 2 is 1.78 bits per heavy atom. The number of ether oxygens (including phenoxy) is 1. The zero-order valence-electron chi connectivity index (χ0n) is 11.3. The van der Waals surface area contributed by atoms with E-state index < -0.39 is 8.07 Å². The van der Waals surface area contributed by atoms with Gasteiger partial charge in [0.15, 0.2) is 0 Å². The third-order valence-corrected chi connectivity index (χ3v) is 6.27. The van der Waals surface area contributed by atoms with Gasteiger partial charge in [-0.25, -0.2) is 0 Å². The topological polar surface area (TPSA) is 12.5 Å². The maximum atomic E-state index is 5.93. The van der Waals surface area contributed by atoms with Crippen LogP contribution in [0.4, 0.5) is 0 Å². The van der Waals surface area contributed by atoms with Crippen LogP contribution in [0.25, 0.3) is 0 Å². The van der Waals surface area contributed by atoms with Crippen LogP contribution in [-0.4, -0.2) is 45.4 Å². The number of nitrogens with zero attached hydrogens (tertiary/aromatic N) is 1. The van der Waals surface area contributed by atoms with Crippen LogP contribution in [0.2, 0.25) is 18.1 Å². The van der Waals surface area contributed by atoms with E-state index in [0.717, 1.165) is 31.3 Å². The summed E-state index contributed by atoms with van der Waals surface area (Å²) >= 11 is 5.93. The minimum absolute atomic E-state index is 0.825. The molecule has 2 rings (SSSR count). The molecule has 4 heteroatoms. The highest BCUT2D eigenvalue weighted by molar-refractivity contribution is 6.77. The fourth-order valence-corrected chi connectivity index (χ4v) is 5.68. The number of rotatable bonds is 4. The van der Waals surface area contributed by atoms with Crippen molar-refractivity contribution in [3.05, 3.63) is 34.9 Å². The largest absolute Gasteiger partial charge is 0.379 e. The monoisotopic (exact) mass is 283 g/mol. The van der Waals surface area contributed by atoms with Crippen molar-refractivity contribution in [3.63, 3.8) is 0 Å². The van der Waals surface area contributed by atoms with Gasteiger partial charge in [0.05, 0.1) is 21.3 Å². The molecular formula is C14H22ClNOSi. The second-order valence-electron chi connectivity index (χ2n) is 5.86. The van der Waals surface area contributed by atoms with Crippen molar-refractivity contribution in [1.82, 2.24) is 4.90 Å². The summed E-state index contributed by atoms with van der Waals surface area (Å²) in [5.41, 5.74) is 1.42. The summed E-state index contributed by atoms with van der Waals surface area (Å²) in [4.78, 5) is 2.56. The van der Waals surface area contributed by atoms with Crippen molar-refractivity contribution in [3.8, 4) is 0 Å². The first-order valence-corrected chi connectivity index (χ1v) is 10.4. The maximum Gasteiger partial charge on any atom is 0.0672 e. The van der Waals surface area contributed by atoms with Gasteiger partial charge in [0.25, 0.3) is 0 Å². The summed E-state index contributed by atoms with van der Waals surface area (Å²) in [6.07, 6.45) is 1.26. The van der Waals surface area contributed by atoms with Crippen molar-refractivity contribution in [2.45, 2.75) is 19.1 Å². The van der Waals surface area contributed by atoms with Crippen LogP contribution in [0.3, 0.4) is 0 Å². The molecule has 0 saturated carbocycles. The number of hydrogen-bond donors (Lipinski definition) is 0. The second-order valence-corrected chi connectivity index (χ2v) is 11.3. The van der Waals surface area contributed by atoms with Gasteiger partial charge in [0.1, 0.15) is 0 Å². The number of benzene rings is 1. The van der Waals surface area contributed by atoms with Crippen LogP contribution in [0.1, 0.15) is 5.56 Å². The Labute approximate surface area is 116 Å². The molecule has 0 bridgehead atoms. The highest BCUT2D eigenvalue weighted by atomic mass is 35.5. The quantitative estimate of drug-likeness (QED) is 0.788. The van der Waals surface area contributed by atoms with Crippen molar-refractivity contribution >= 4 is 19.7 Å². The molecule has 0 N–H and O–H groups in total. The lowest BCUT2D eigenvalue weighted by atomic mass is 10.2. The van der Waals surface area contributed by atoms with Gasteiger partial charge in [-0.1, -0.05) is 42.4 Å². The summed E-state index contributed by atoms with van der Waals surface area (Å²) in [5, 5.41) is 0.825. The first-order chi connectivity index (χ1) is 8.55. The molecule has 2 nitrogen and oxygen atoms in total. The molecule has 1 fully saturated rings. The molecule has 1 aromatic carbocycles. The van der Waals surface area contributed by atoms with Crippen LogP contribution >= 0.6 is 11.6 Å². The molecular weight excluding hydrogens is 262 g/mol. The highest BCUT2D eigenvalue weighted by Crippen LogP contribution is 2.16. The Kier molecular flexibility index (Phi) is 4.84. The van der Waals surface area contributed by atoms with Crippen LogP contribution in [0.15, 0.2) is 24.3 Å². The molecule has 0 spiro atoms. The fourth-order valence-electron chi connectivity index (χ4n) is 2.58. The van der Waals surface area contributed by atoms with E-state index in [1.54, 1.807) is 0 Å². The van der Waals surface area contributed by atoms with Gasteiger partial charge < -0.3 is 9.64 Å². The molecule has 1 heterocycles. The zero-order valence-corrected chi connectivity index (χ0v) is 13.0. The zero-order chi connectivity index (χ0) is 13.0. The van der Waals surface area contributed by atoms with Crippen molar-refractivity contribution < 1.29 is 4.74 Å². The van der Waals surface area contributed by atoms with Gasteiger partial charge in [-0.2, -0.15) is 0 Å². The molecule has 0 atom stereocenters. The molecule has 100 valence electrons. The van der Waals surface area contributed by atoms with E-state index in [1.165, 1.54) is 17.8 Å². The fraction of sp³-hybridized carbons (Fsp3) is 0.571. The molecule has 0 aliphatic carbocycles. The molecule has 18 heavy (non-hydrogen) atoms. The van der Waals surface area contributed by atoms with E-state index >= 15 is 0 Å². The average Bonchev–Trinajstić information content (AvgIpc) is 2.32. The molecule has 1 aromatic rings. The molecule has 1 aliphatic heterocycles. The molecule has 0 unspecified atom stereocenters. The third-order valence-electron chi connectivity index (χ3n) is 3.35. The third kappa shape index (κ3) is 4.39. The van der Waals surface area contributed by atoms with E-state index in [2.05, 4.69) is 30.1 Å². The van der Waals surface area contributed by atoms with E-state index in [-0.39, 0.29) is 0 Å². The predicted molar refractivity (Wildman–Crippen MR) is 79.9 cm³/mol. The number of halogens is 1. The minimum Gasteiger partial charge on any atom is -0.379 e. The normalized spacial score (nSPS) is 17.9. The van der Waals surface area contributed by atoms with Crippen LogP contribution < -0.4 is 0 Å². The van der Waals surface area contributed by atoms with Crippen molar-refractivity contribution in [2.75, 3.05) is 32.5 Å². The number of hydrogen-bond acceptors (Lipinski definition) is 2. The lowest BCUT2D eigenvalue weighted by Gasteiger charge is -2.33. The van der Waals surface area contributed by atoms with E-state index in [9.17, 15) is 0 Å². The van der Waals surface area contributed by atoms with Crippen molar-refractivity contribution in [2.24, 2.45) is 0 Å². The van der Waals surface area contributed by atoms with E-state index in [4.69, 9.17) is 16.3 Å². The smallest absolute Gasteiger partial charge is 0.0672 e. The van der Waals surface area contributed by atoms with Crippen LogP contribution in [0.5, 0.6) is 0 Å². The highest BCUT2D eigenvalue weighted by Gasteiger charge is 2.25. The Hall–Kier alpha value is -0.353. The summed E-state index contributed by atoms with van der Waals surface area (Å²) < 4.78 is 5.40. The van der Waals surface area contributed by atoms with Gasteiger partial charge in [-0.3, -0.25) is 0 Å². The summed E-state index contributed by atoms with van der Waals surface area (Å²) in [7, 11) is -1.22. The Balaban J connectivity index is 1.91. The van der Waals surface area contributed by atoms with E-state index in [0.29, 0.717) is 0 Å². The molecule has 0 aromatic heterocycles. The maximum absolute atomic E-state index is 5.93. The first kappa shape index (κ1) is 14.1. The lowest BCUT2D eigenvalue weighted by Crippen LogP contribution is -2.48. The predicted octanol–water partition coefficient (Wildman–Crippen LogP) is 3.00. The Morgan fingerprint density at radius 1 is 1.17 bits per heavy atom. The molecule has 1 saturated heterocycles. The van der Waals surface area contributed by atoms with Crippen molar-refractivity contribution in [1.29, 1.82) is 0 Å². The minimum atomic E-state index is -1.22. The Bertz CT molecular complexity index is 374. The molecule has 0 radical (unpaired) electrons. The van der Waals surface area contributed by atoms with Gasteiger partial charge in [0.2, 0.25) is 0 Å². The van der Waals surface area contributed by atoms with Crippen LogP contribution in [0, 0.1) is 0 Å². The molecule has 0 amide bonds. The first-order valence-electron chi connectivity index (χ1n) is 6.60. The standard InChI is InChI=1S/C14H22ClNOSi/c1-18(2,12-16-7-9-17-10-8-16)11-13-3-5-14(15)6-4-13/h3-6H,7-12H2,1-2H3. The van der Waals surface area contributed by atoms with Gasteiger partial charge in [0, 0.05) is 18.1 Å². The summed E-state index contributed by atoms with van der Waals surface area (Å²) in [6, 6.07) is 9.54. The lowest BCUT2D eigenvalue weighted by molar-refractivity contribution is 0.0454. The SMILES string of the molecule is C[Si](C)(Cc1ccc(Cl)cc1)CN1CCOCC1. The van der Waals surface area contributed by atoms with E-state index in [1.807, 2.05) is 12.1 Å². The summed E-state index contributed by atoms with van der Waals surface area (Å²) in [6.45, 7) is 8.92. The van der Waals surface area contributed by atoms with Gasteiger partial charge >= 0.3 is 0 Å². The van der Waals surface area contributed by atoms with Gasteiger partial charge in [-0.15, -0.1) is 0 Å². The van der Waals surface area contributed by atoms with Crippen LogP contribution in [-0.2, 0) is 10.8 Å².